The van der Waals surface area contributed by atoms with Gasteiger partial charge >= 0.3 is 0 Å². The number of fused-ring (bicyclic) bond motifs is 5. The molecule has 0 spiro atoms. The van der Waals surface area contributed by atoms with E-state index >= 15 is 0 Å². The molecule has 3 aliphatic rings. The lowest BCUT2D eigenvalue weighted by atomic mass is 9.55. The Kier molecular flexibility index (Phi) is 4.89. The largest absolute Gasteiger partial charge is 0.543 e. The van der Waals surface area contributed by atoms with Gasteiger partial charge in [0.2, 0.25) is 8.32 Å². The normalized spacial score (nSPS) is 34.0. The molecule has 1 nitrogen and oxygen atoms in total. The van der Waals surface area contributed by atoms with Crippen molar-refractivity contribution >= 4 is 8.32 Å². The smallest absolute Gasteiger partial charge is 0.250 e. The van der Waals surface area contributed by atoms with E-state index in [9.17, 15) is 0 Å². The molecule has 0 amide bonds. The van der Waals surface area contributed by atoms with Crippen LogP contribution in [0.3, 0.4) is 0 Å². The van der Waals surface area contributed by atoms with Crippen LogP contribution in [0.1, 0.15) is 83.8 Å². The van der Waals surface area contributed by atoms with E-state index in [0.717, 1.165) is 23.5 Å². The van der Waals surface area contributed by atoms with E-state index in [1.165, 1.54) is 38.5 Å². The molecule has 0 radical (unpaired) electrons. The number of allylic oxidation sites excluding steroid dienone is 2. The third-order valence-corrected chi connectivity index (χ3v) is 13.4. The maximum Gasteiger partial charge on any atom is 0.250 e. The van der Waals surface area contributed by atoms with Gasteiger partial charge in [0.1, 0.15) is 5.75 Å². The van der Waals surface area contributed by atoms with Gasteiger partial charge in [0, 0.05) is 0 Å². The Labute approximate surface area is 174 Å². The van der Waals surface area contributed by atoms with E-state index in [4.69, 9.17) is 4.43 Å². The Morgan fingerprint density at radius 1 is 1.11 bits per heavy atom. The standard InChI is InChI=1S/C26H40OSi/c1-8-19-10-14-24-23-12-9-18-17-20(27-28(6,7)25(2,3)4)11-13-21(18)22(23)15-16-26(19,24)5/h8,11,13,17,22-24H,9-10,12,14-16H2,1-7H3/b19-8-/t22-,23-,24+,26-/m1/s1. The first kappa shape index (κ1) is 20.3. The Bertz CT molecular complexity index is 784. The first-order valence-corrected chi connectivity index (χ1v) is 14.4. The molecule has 0 aromatic heterocycles. The van der Waals surface area contributed by atoms with Crippen LogP contribution >= 0.6 is 0 Å². The summed E-state index contributed by atoms with van der Waals surface area (Å²) in [7, 11) is -1.77. The molecule has 0 aliphatic heterocycles. The second-order valence-electron chi connectivity index (χ2n) is 11.4. The minimum Gasteiger partial charge on any atom is -0.543 e. The molecule has 2 heteroatoms. The summed E-state index contributed by atoms with van der Waals surface area (Å²) < 4.78 is 6.61. The molecule has 1 aromatic carbocycles. The van der Waals surface area contributed by atoms with Crippen LogP contribution in [0.5, 0.6) is 5.75 Å². The second kappa shape index (κ2) is 6.76. The van der Waals surface area contributed by atoms with E-state index in [2.05, 4.69) is 72.0 Å². The zero-order chi connectivity index (χ0) is 20.3. The van der Waals surface area contributed by atoms with Crippen LogP contribution in [0.15, 0.2) is 29.8 Å². The van der Waals surface area contributed by atoms with Gasteiger partial charge in [-0.05, 0) is 110 Å². The first-order valence-electron chi connectivity index (χ1n) is 11.5. The average molecular weight is 397 g/mol. The van der Waals surface area contributed by atoms with Crippen molar-refractivity contribution < 1.29 is 4.43 Å². The lowest BCUT2D eigenvalue weighted by molar-refractivity contribution is 0.0813. The van der Waals surface area contributed by atoms with Gasteiger partial charge in [0.15, 0.2) is 0 Å². The van der Waals surface area contributed by atoms with Crippen LogP contribution in [-0.2, 0) is 6.42 Å². The Balaban J connectivity index is 1.59. The fourth-order valence-corrected chi connectivity index (χ4v) is 7.41. The summed E-state index contributed by atoms with van der Waals surface area (Å²) >= 11 is 0. The molecule has 2 saturated carbocycles. The van der Waals surface area contributed by atoms with Crippen molar-refractivity contribution in [1.82, 2.24) is 0 Å². The van der Waals surface area contributed by atoms with E-state index in [0.29, 0.717) is 5.41 Å². The minimum absolute atomic E-state index is 0.245. The van der Waals surface area contributed by atoms with Gasteiger partial charge in [-0.25, -0.2) is 0 Å². The number of hydrogen-bond donors (Lipinski definition) is 0. The van der Waals surface area contributed by atoms with Gasteiger partial charge in [-0.1, -0.05) is 45.4 Å². The topological polar surface area (TPSA) is 9.23 Å². The van der Waals surface area contributed by atoms with Gasteiger partial charge < -0.3 is 4.43 Å². The van der Waals surface area contributed by atoms with E-state index in [1.807, 2.05) is 0 Å². The molecule has 0 bridgehead atoms. The quantitative estimate of drug-likeness (QED) is 0.365. The molecule has 1 aromatic rings. The van der Waals surface area contributed by atoms with Crippen molar-refractivity contribution in [2.45, 2.75) is 97.2 Å². The van der Waals surface area contributed by atoms with Crippen LogP contribution in [0, 0.1) is 17.3 Å². The second-order valence-corrected chi connectivity index (χ2v) is 16.2. The zero-order valence-corrected chi connectivity index (χ0v) is 20.2. The molecule has 4 rings (SSSR count). The van der Waals surface area contributed by atoms with Gasteiger partial charge in [-0.3, -0.25) is 0 Å². The predicted octanol–water partition coefficient (Wildman–Crippen LogP) is 7.87. The summed E-state index contributed by atoms with van der Waals surface area (Å²) in [5.74, 6) is 3.67. The highest BCUT2D eigenvalue weighted by molar-refractivity contribution is 6.74. The van der Waals surface area contributed by atoms with Crippen LogP contribution in [0.4, 0.5) is 0 Å². The SMILES string of the molecule is C/C=C1/CC[C@H]2[C@@H]3CCc4cc(O[Si](C)(C)C(C)(C)C)ccc4[C@H]3CC[C@]12C. The van der Waals surface area contributed by atoms with E-state index in [-0.39, 0.29) is 5.04 Å². The molecule has 0 N–H and O–H groups in total. The number of benzene rings is 1. The predicted molar refractivity (Wildman–Crippen MR) is 123 cm³/mol. The van der Waals surface area contributed by atoms with Crippen molar-refractivity contribution in [2.24, 2.45) is 17.3 Å². The molecule has 154 valence electrons. The number of hydrogen-bond acceptors (Lipinski definition) is 1. The first-order chi connectivity index (χ1) is 13.1. The fraction of sp³-hybridized carbons (Fsp3) is 0.692. The minimum atomic E-state index is -1.77. The molecular formula is C26H40OSi. The lowest BCUT2D eigenvalue weighted by Gasteiger charge is -2.49. The summed E-state index contributed by atoms with van der Waals surface area (Å²) in [6.07, 6.45) is 10.5. The van der Waals surface area contributed by atoms with Gasteiger partial charge in [0.05, 0.1) is 0 Å². The fourth-order valence-electron chi connectivity index (χ4n) is 6.39. The summed E-state index contributed by atoms with van der Waals surface area (Å²) in [6.45, 7) is 16.5. The number of rotatable bonds is 2. The summed E-state index contributed by atoms with van der Waals surface area (Å²) in [5.41, 5.74) is 5.46. The van der Waals surface area contributed by atoms with Crippen LogP contribution in [0.2, 0.25) is 18.1 Å². The van der Waals surface area contributed by atoms with Crippen LogP contribution in [0.25, 0.3) is 0 Å². The summed E-state index contributed by atoms with van der Waals surface area (Å²) in [4.78, 5) is 0. The Morgan fingerprint density at radius 2 is 1.86 bits per heavy atom. The molecule has 0 heterocycles. The third-order valence-electron chi connectivity index (χ3n) is 9.07. The highest BCUT2D eigenvalue weighted by Gasteiger charge is 2.52. The molecule has 28 heavy (non-hydrogen) atoms. The lowest BCUT2D eigenvalue weighted by Crippen LogP contribution is -2.44. The highest BCUT2D eigenvalue weighted by Crippen LogP contribution is 2.62. The van der Waals surface area contributed by atoms with Crippen LogP contribution in [-0.4, -0.2) is 8.32 Å². The van der Waals surface area contributed by atoms with E-state index < -0.39 is 8.32 Å². The van der Waals surface area contributed by atoms with Gasteiger partial charge in [-0.15, -0.1) is 0 Å². The molecule has 3 aliphatic carbocycles. The zero-order valence-electron chi connectivity index (χ0n) is 19.2. The molecule has 0 unspecified atom stereocenters. The van der Waals surface area contributed by atoms with Crippen molar-refractivity contribution in [3.8, 4) is 5.75 Å². The highest BCUT2D eigenvalue weighted by atomic mass is 28.4. The Hall–Kier alpha value is -1.02. The van der Waals surface area contributed by atoms with Crippen molar-refractivity contribution in [2.75, 3.05) is 0 Å². The van der Waals surface area contributed by atoms with Crippen molar-refractivity contribution in [3.05, 3.63) is 41.0 Å². The van der Waals surface area contributed by atoms with Crippen molar-refractivity contribution in [1.29, 1.82) is 0 Å². The monoisotopic (exact) mass is 396 g/mol. The average Bonchev–Trinajstić information content (AvgIpc) is 2.96. The molecule has 4 atom stereocenters. The number of aryl methyl sites for hydroxylation is 1. The van der Waals surface area contributed by atoms with E-state index in [1.54, 1.807) is 16.7 Å². The van der Waals surface area contributed by atoms with Crippen LogP contribution < -0.4 is 4.43 Å². The van der Waals surface area contributed by atoms with Gasteiger partial charge in [-0.2, -0.15) is 0 Å². The van der Waals surface area contributed by atoms with Gasteiger partial charge in [0.25, 0.3) is 0 Å². The summed E-state index contributed by atoms with van der Waals surface area (Å²) in [6, 6.07) is 7.11. The third kappa shape index (κ3) is 3.11. The molecule has 2 fully saturated rings. The molecule has 0 saturated heterocycles. The molecular weight excluding hydrogens is 356 g/mol. The summed E-state index contributed by atoms with van der Waals surface area (Å²) in [5, 5.41) is 0.245. The van der Waals surface area contributed by atoms with Crippen molar-refractivity contribution in [3.63, 3.8) is 0 Å². The Morgan fingerprint density at radius 3 is 2.54 bits per heavy atom. The maximum atomic E-state index is 6.61. The maximum absolute atomic E-state index is 6.61.